The van der Waals surface area contributed by atoms with Crippen molar-refractivity contribution in [3.63, 3.8) is 0 Å². The minimum atomic E-state index is -0.476. The highest BCUT2D eigenvalue weighted by molar-refractivity contribution is 6.21. The van der Waals surface area contributed by atoms with Crippen molar-refractivity contribution in [1.29, 1.82) is 0 Å². The molecule has 1 aliphatic heterocycles. The van der Waals surface area contributed by atoms with Gasteiger partial charge in [0.25, 0.3) is 17.7 Å². The maximum atomic E-state index is 12.6. The molecule has 0 aliphatic carbocycles. The van der Waals surface area contributed by atoms with Gasteiger partial charge in [-0.2, -0.15) is 0 Å². The zero-order valence-electron chi connectivity index (χ0n) is 20.2. The van der Waals surface area contributed by atoms with Gasteiger partial charge >= 0.3 is 5.97 Å². The number of anilines is 1. The number of hydrogen-bond donors (Lipinski definition) is 2. The van der Waals surface area contributed by atoms with Crippen LogP contribution in [-0.4, -0.2) is 41.0 Å². The first-order valence-corrected chi connectivity index (χ1v) is 11.7. The number of ether oxygens (including phenoxy) is 1. The standard InChI is InChI=1S/C28H25N3O6/c1-18(32)37-22-10-5-8-20(16-22)26(34)30-21-9-4-7-19(15-21)17-29-25(33)13-6-14-31-27(35)23-11-2-3-12-24(23)28(31)36/h2-5,7-12,15-16H,6,13-14,17H2,1H3,(H,29,33)(H,30,34). The molecule has 2 N–H and O–H groups in total. The highest BCUT2D eigenvalue weighted by Gasteiger charge is 2.34. The Kier molecular flexibility index (Phi) is 7.73. The summed E-state index contributed by atoms with van der Waals surface area (Å²) < 4.78 is 5.02. The number of amides is 4. The van der Waals surface area contributed by atoms with Gasteiger partial charge in [0.2, 0.25) is 5.91 Å². The van der Waals surface area contributed by atoms with E-state index in [0.717, 1.165) is 5.56 Å². The number of nitrogens with zero attached hydrogens (tertiary/aromatic N) is 1. The number of benzene rings is 3. The predicted octanol–water partition coefficient (Wildman–Crippen LogP) is 3.56. The summed E-state index contributed by atoms with van der Waals surface area (Å²) in [7, 11) is 0. The molecular formula is C28H25N3O6. The van der Waals surface area contributed by atoms with Crippen molar-refractivity contribution in [2.45, 2.75) is 26.3 Å². The quantitative estimate of drug-likeness (QED) is 0.264. The average Bonchev–Trinajstić information content (AvgIpc) is 3.12. The largest absolute Gasteiger partial charge is 0.427 e. The van der Waals surface area contributed by atoms with E-state index in [2.05, 4.69) is 10.6 Å². The van der Waals surface area contributed by atoms with Gasteiger partial charge in [-0.1, -0.05) is 30.3 Å². The number of carbonyl (C=O) groups excluding carboxylic acids is 5. The molecule has 0 radical (unpaired) electrons. The van der Waals surface area contributed by atoms with Crippen molar-refractivity contribution in [3.05, 3.63) is 95.1 Å². The Balaban J connectivity index is 1.25. The second kappa shape index (κ2) is 11.3. The third-order valence-electron chi connectivity index (χ3n) is 5.70. The molecule has 0 unspecified atom stereocenters. The van der Waals surface area contributed by atoms with Crippen molar-refractivity contribution in [3.8, 4) is 5.75 Å². The van der Waals surface area contributed by atoms with Crippen LogP contribution in [-0.2, 0) is 16.1 Å². The Morgan fingerprint density at radius 2 is 1.57 bits per heavy atom. The van der Waals surface area contributed by atoms with Gasteiger partial charge in [-0.05, 0) is 54.4 Å². The van der Waals surface area contributed by atoms with Gasteiger partial charge in [-0.15, -0.1) is 0 Å². The van der Waals surface area contributed by atoms with Gasteiger partial charge in [-0.3, -0.25) is 28.9 Å². The molecule has 0 bridgehead atoms. The van der Waals surface area contributed by atoms with Crippen LogP contribution in [0.25, 0.3) is 0 Å². The second-order valence-electron chi connectivity index (χ2n) is 8.46. The van der Waals surface area contributed by atoms with E-state index in [1.165, 1.54) is 17.9 Å². The summed E-state index contributed by atoms with van der Waals surface area (Å²) >= 11 is 0. The van der Waals surface area contributed by atoms with Crippen LogP contribution in [0.3, 0.4) is 0 Å². The van der Waals surface area contributed by atoms with Gasteiger partial charge < -0.3 is 15.4 Å². The summed E-state index contributed by atoms with van der Waals surface area (Å²) in [5.74, 6) is -1.46. The average molecular weight is 500 g/mol. The van der Waals surface area contributed by atoms with Crippen LogP contribution in [0.5, 0.6) is 5.75 Å². The minimum Gasteiger partial charge on any atom is -0.427 e. The van der Waals surface area contributed by atoms with Crippen molar-refractivity contribution in [2.24, 2.45) is 0 Å². The highest BCUT2D eigenvalue weighted by atomic mass is 16.5. The molecule has 4 rings (SSSR count). The molecule has 9 nitrogen and oxygen atoms in total. The Labute approximate surface area is 213 Å². The summed E-state index contributed by atoms with van der Waals surface area (Å²) in [4.78, 5) is 62.0. The molecule has 1 heterocycles. The van der Waals surface area contributed by atoms with E-state index in [-0.39, 0.29) is 48.9 Å². The van der Waals surface area contributed by atoms with Gasteiger partial charge in [0, 0.05) is 37.7 Å². The number of esters is 1. The van der Waals surface area contributed by atoms with Crippen molar-refractivity contribution >= 4 is 35.3 Å². The normalized spacial score (nSPS) is 12.2. The number of nitrogens with one attached hydrogen (secondary N) is 2. The van der Waals surface area contributed by atoms with Crippen LogP contribution in [0.1, 0.15) is 56.4 Å². The Morgan fingerprint density at radius 3 is 2.27 bits per heavy atom. The molecule has 0 atom stereocenters. The summed E-state index contributed by atoms with van der Waals surface area (Å²) in [5, 5.41) is 5.60. The summed E-state index contributed by atoms with van der Waals surface area (Å²) in [6, 6.07) is 20.0. The van der Waals surface area contributed by atoms with Crippen LogP contribution < -0.4 is 15.4 Å². The highest BCUT2D eigenvalue weighted by Crippen LogP contribution is 2.22. The number of hydrogen-bond acceptors (Lipinski definition) is 6. The third-order valence-corrected chi connectivity index (χ3v) is 5.70. The first-order valence-electron chi connectivity index (χ1n) is 11.7. The first-order chi connectivity index (χ1) is 17.8. The molecule has 0 spiro atoms. The SMILES string of the molecule is CC(=O)Oc1cccc(C(=O)Nc2cccc(CNC(=O)CCCN3C(=O)c4ccccc4C3=O)c2)c1. The fourth-order valence-electron chi connectivity index (χ4n) is 3.96. The lowest BCUT2D eigenvalue weighted by atomic mass is 10.1. The number of imide groups is 1. The lowest BCUT2D eigenvalue weighted by molar-refractivity contribution is -0.131. The molecule has 3 aromatic rings. The molecule has 37 heavy (non-hydrogen) atoms. The fourth-order valence-corrected chi connectivity index (χ4v) is 3.96. The molecule has 0 fully saturated rings. The molecular weight excluding hydrogens is 474 g/mol. The lowest BCUT2D eigenvalue weighted by Gasteiger charge is -2.13. The number of rotatable bonds is 9. The van der Waals surface area contributed by atoms with E-state index in [0.29, 0.717) is 28.8 Å². The third kappa shape index (κ3) is 6.26. The van der Waals surface area contributed by atoms with E-state index in [1.807, 2.05) is 6.07 Å². The topological polar surface area (TPSA) is 122 Å². The van der Waals surface area contributed by atoms with Gasteiger partial charge in [0.1, 0.15) is 5.75 Å². The molecule has 4 amide bonds. The summed E-state index contributed by atoms with van der Waals surface area (Å²) in [6.45, 7) is 1.70. The Morgan fingerprint density at radius 1 is 0.865 bits per heavy atom. The van der Waals surface area contributed by atoms with Gasteiger partial charge in [0.05, 0.1) is 11.1 Å². The lowest BCUT2D eigenvalue weighted by Crippen LogP contribution is -2.32. The summed E-state index contributed by atoms with van der Waals surface area (Å²) in [6.07, 6.45) is 0.502. The summed E-state index contributed by atoms with van der Waals surface area (Å²) in [5.41, 5.74) is 2.43. The van der Waals surface area contributed by atoms with Gasteiger partial charge in [0.15, 0.2) is 0 Å². The van der Waals surface area contributed by atoms with E-state index in [1.54, 1.807) is 60.7 Å². The van der Waals surface area contributed by atoms with Gasteiger partial charge in [-0.25, -0.2) is 0 Å². The van der Waals surface area contributed by atoms with E-state index < -0.39 is 5.97 Å². The molecule has 188 valence electrons. The Bertz CT molecular complexity index is 1350. The molecule has 0 saturated carbocycles. The van der Waals surface area contributed by atoms with E-state index in [4.69, 9.17) is 4.74 Å². The minimum absolute atomic E-state index is 0.155. The number of carbonyl (C=O) groups is 5. The molecule has 0 aromatic heterocycles. The van der Waals surface area contributed by atoms with Crippen LogP contribution in [0.15, 0.2) is 72.8 Å². The van der Waals surface area contributed by atoms with Crippen LogP contribution in [0.2, 0.25) is 0 Å². The van der Waals surface area contributed by atoms with Crippen LogP contribution in [0.4, 0.5) is 5.69 Å². The zero-order valence-corrected chi connectivity index (χ0v) is 20.2. The second-order valence-corrected chi connectivity index (χ2v) is 8.46. The van der Waals surface area contributed by atoms with Crippen molar-refractivity contribution < 1.29 is 28.7 Å². The number of fused-ring (bicyclic) bond motifs is 1. The van der Waals surface area contributed by atoms with Crippen LogP contribution in [0, 0.1) is 0 Å². The Hall–Kier alpha value is -4.79. The molecule has 0 saturated heterocycles. The van der Waals surface area contributed by atoms with Crippen molar-refractivity contribution in [2.75, 3.05) is 11.9 Å². The zero-order chi connectivity index (χ0) is 26.4. The predicted molar refractivity (Wildman–Crippen MR) is 135 cm³/mol. The van der Waals surface area contributed by atoms with E-state index >= 15 is 0 Å². The molecule has 3 aromatic carbocycles. The first kappa shape index (κ1) is 25.3. The maximum Gasteiger partial charge on any atom is 0.308 e. The smallest absolute Gasteiger partial charge is 0.308 e. The molecule has 9 heteroatoms. The van der Waals surface area contributed by atoms with Crippen molar-refractivity contribution in [1.82, 2.24) is 10.2 Å². The monoisotopic (exact) mass is 499 g/mol. The van der Waals surface area contributed by atoms with Crippen LogP contribution >= 0.6 is 0 Å². The maximum absolute atomic E-state index is 12.6. The van der Waals surface area contributed by atoms with E-state index in [9.17, 15) is 24.0 Å². The molecule has 1 aliphatic rings. The fraction of sp³-hybridized carbons (Fsp3) is 0.179.